The van der Waals surface area contributed by atoms with E-state index in [1.807, 2.05) is 44.2 Å². The molecule has 21 heavy (non-hydrogen) atoms. The van der Waals surface area contributed by atoms with E-state index in [4.69, 9.17) is 0 Å². The predicted molar refractivity (Wildman–Crippen MR) is 88.3 cm³/mol. The smallest absolute Gasteiger partial charge is 0.221 e. The molecule has 110 valence electrons. The molecule has 2 aromatic rings. The molecule has 0 unspecified atom stereocenters. The summed E-state index contributed by atoms with van der Waals surface area (Å²) in [5, 5.41) is 6.15. The van der Waals surface area contributed by atoms with E-state index in [1.165, 1.54) is 11.1 Å². The SMILES string of the molecule is CC(C)NC(=O)CCNc1ccc(-c2ccccc2)cc1. The van der Waals surface area contributed by atoms with Gasteiger partial charge in [-0.15, -0.1) is 0 Å². The monoisotopic (exact) mass is 282 g/mol. The van der Waals surface area contributed by atoms with E-state index in [0.29, 0.717) is 13.0 Å². The van der Waals surface area contributed by atoms with Gasteiger partial charge >= 0.3 is 0 Å². The Bertz CT molecular complexity index is 562. The van der Waals surface area contributed by atoms with Gasteiger partial charge in [0.15, 0.2) is 0 Å². The van der Waals surface area contributed by atoms with Crippen molar-refractivity contribution in [3.63, 3.8) is 0 Å². The van der Waals surface area contributed by atoms with Gasteiger partial charge in [0.05, 0.1) is 0 Å². The van der Waals surface area contributed by atoms with Crippen molar-refractivity contribution in [3.8, 4) is 11.1 Å². The van der Waals surface area contributed by atoms with E-state index in [2.05, 4.69) is 34.9 Å². The Morgan fingerprint density at radius 3 is 2.19 bits per heavy atom. The van der Waals surface area contributed by atoms with Crippen LogP contribution in [-0.2, 0) is 4.79 Å². The molecule has 0 atom stereocenters. The third kappa shape index (κ3) is 4.95. The first-order chi connectivity index (χ1) is 10.1. The molecule has 0 aromatic heterocycles. The fourth-order valence-electron chi connectivity index (χ4n) is 2.13. The lowest BCUT2D eigenvalue weighted by Gasteiger charge is -2.10. The average Bonchev–Trinajstić information content (AvgIpc) is 2.48. The van der Waals surface area contributed by atoms with Gasteiger partial charge in [0.1, 0.15) is 0 Å². The van der Waals surface area contributed by atoms with Crippen LogP contribution in [0.25, 0.3) is 11.1 Å². The van der Waals surface area contributed by atoms with Crippen LogP contribution < -0.4 is 10.6 Å². The highest BCUT2D eigenvalue weighted by molar-refractivity contribution is 5.76. The number of hydrogen-bond donors (Lipinski definition) is 2. The second kappa shape index (κ2) is 7.48. The lowest BCUT2D eigenvalue weighted by Crippen LogP contribution is -2.31. The van der Waals surface area contributed by atoms with Crippen LogP contribution in [0.15, 0.2) is 54.6 Å². The third-order valence-electron chi connectivity index (χ3n) is 3.12. The minimum Gasteiger partial charge on any atom is -0.385 e. The third-order valence-corrected chi connectivity index (χ3v) is 3.12. The second-order valence-electron chi connectivity index (χ2n) is 5.34. The zero-order chi connectivity index (χ0) is 15.1. The first-order valence-electron chi connectivity index (χ1n) is 7.34. The number of amides is 1. The molecule has 0 radical (unpaired) electrons. The lowest BCUT2D eigenvalue weighted by molar-refractivity contribution is -0.121. The Morgan fingerprint density at radius 2 is 1.57 bits per heavy atom. The van der Waals surface area contributed by atoms with Crippen molar-refractivity contribution in [2.45, 2.75) is 26.3 Å². The zero-order valence-electron chi connectivity index (χ0n) is 12.6. The summed E-state index contributed by atoms with van der Waals surface area (Å²) in [4.78, 5) is 11.5. The van der Waals surface area contributed by atoms with Crippen LogP contribution >= 0.6 is 0 Å². The van der Waals surface area contributed by atoms with Crippen molar-refractivity contribution in [2.24, 2.45) is 0 Å². The minimum absolute atomic E-state index is 0.0819. The largest absolute Gasteiger partial charge is 0.385 e. The molecule has 0 saturated heterocycles. The zero-order valence-corrected chi connectivity index (χ0v) is 12.6. The Hall–Kier alpha value is -2.29. The van der Waals surface area contributed by atoms with E-state index in [-0.39, 0.29) is 11.9 Å². The van der Waals surface area contributed by atoms with Crippen molar-refractivity contribution in [2.75, 3.05) is 11.9 Å². The summed E-state index contributed by atoms with van der Waals surface area (Å²) in [6.45, 7) is 4.57. The first-order valence-corrected chi connectivity index (χ1v) is 7.34. The number of hydrogen-bond acceptors (Lipinski definition) is 2. The molecular weight excluding hydrogens is 260 g/mol. The number of nitrogens with one attached hydrogen (secondary N) is 2. The Morgan fingerprint density at radius 1 is 0.952 bits per heavy atom. The van der Waals surface area contributed by atoms with Gasteiger partial charge < -0.3 is 10.6 Å². The molecule has 3 heteroatoms. The molecule has 2 aromatic carbocycles. The Balaban J connectivity index is 1.84. The van der Waals surface area contributed by atoms with E-state index < -0.39 is 0 Å². The van der Waals surface area contributed by atoms with Crippen LogP contribution in [0.2, 0.25) is 0 Å². The number of carbonyl (C=O) groups excluding carboxylic acids is 1. The summed E-state index contributed by atoms with van der Waals surface area (Å²) < 4.78 is 0. The van der Waals surface area contributed by atoms with Gasteiger partial charge in [0.25, 0.3) is 0 Å². The quantitative estimate of drug-likeness (QED) is 0.848. The highest BCUT2D eigenvalue weighted by Crippen LogP contribution is 2.20. The summed E-state index contributed by atoms with van der Waals surface area (Å²) in [5.41, 5.74) is 3.44. The molecule has 0 aliphatic carbocycles. The Kier molecular flexibility index (Phi) is 5.38. The summed E-state index contributed by atoms with van der Waals surface area (Å²) >= 11 is 0. The maximum Gasteiger partial charge on any atom is 0.221 e. The number of rotatable bonds is 6. The van der Waals surface area contributed by atoms with Crippen LogP contribution in [0.5, 0.6) is 0 Å². The summed E-state index contributed by atoms with van der Waals surface area (Å²) in [6, 6.07) is 18.7. The molecule has 0 fully saturated rings. The first kappa shape index (κ1) is 15.1. The van der Waals surface area contributed by atoms with Crippen molar-refractivity contribution in [3.05, 3.63) is 54.6 Å². The lowest BCUT2D eigenvalue weighted by atomic mass is 10.1. The van der Waals surface area contributed by atoms with Crippen molar-refractivity contribution >= 4 is 11.6 Å². The van der Waals surface area contributed by atoms with Gasteiger partial charge in [-0.2, -0.15) is 0 Å². The second-order valence-corrected chi connectivity index (χ2v) is 5.34. The number of carbonyl (C=O) groups is 1. The molecule has 0 aliphatic heterocycles. The fraction of sp³-hybridized carbons (Fsp3) is 0.278. The van der Waals surface area contributed by atoms with Crippen LogP contribution in [0.1, 0.15) is 20.3 Å². The summed E-state index contributed by atoms with van der Waals surface area (Å²) in [5.74, 6) is 0.0819. The minimum atomic E-state index is 0.0819. The van der Waals surface area contributed by atoms with Gasteiger partial charge in [-0.25, -0.2) is 0 Å². The van der Waals surface area contributed by atoms with Crippen LogP contribution in [0, 0.1) is 0 Å². The highest BCUT2D eigenvalue weighted by atomic mass is 16.1. The van der Waals surface area contributed by atoms with Crippen LogP contribution in [0.3, 0.4) is 0 Å². The van der Waals surface area contributed by atoms with Crippen molar-refractivity contribution in [1.29, 1.82) is 0 Å². The molecule has 0 spiro atoms. The maximum absolute atomic E-state index is 11.5. The molecule has 3 nitrogen and oxygen atoms in total. The topological polar surface area (TPSA) is 41.1 Å². The highest BCUT2D eigenvalue weighted by Gasteiger charge is 2.02. The maximum atomic E-state index is 11.5. The fourth-order valence-corrected chi connectivity index (χ4v) is 2.13. The van der Waals surface area contributed by atoms with E-state index in [1.54, 1.807) is 0 Å². The molecule has 2 rings (SSSR count). The normalized spacial score (nSPS) is 10.4. The molecule has 2 N–H and O–H groups in total. The Labute approximate surface area is 126 Å². The molecule has 0 saturated carbocycles. The van der Waals surface area contributed by atoms with Crippen molar-refractivity contribution in [1.82, 2.24) is 5.32 Å². The number of benzene rings is 2. The number of anilines is 1. The van der Waals surface area contributed by atoms with Crippen LogP contribution in [0.4, 0.5) is 5.69 Å². The van der Waals surface area contributed by atoms with Gasteiger partial charge in [0, 0.05) is 24.7 Å². The van der Waals surface area contributed by atoms with Gasteiger partial charge in [-0.05, 0) is 37.1 Å². The molecular formula is C18H22N2O. The van der Waals surface area contributed by atoms with E-state index in [0.717, 1.165) is 5.69 Å². The van der Waals surface area contributed by atoms with Gasteiger partial charge in [0.2, 0.25) is 5.91 Å². The molecule has 0 bridgehead atoms. The predicted octanol–water partition coefficient (Wildman–Crippen LogP) is 3.68. The van der Waals surface area contributed by atoms with E-state index >= 15 is 0 Å². The van der Waals surface area contributed by atoms with Gasteiger partial charge in [-0.3, -0.25) is 4.79 Å². The standard InChI is InChI=1S/C18H22N2O/c1-14(2)20-18(21)12-13-19-17-10-8-16(9-11-17)15-6-4-3-5-7-15/h3-11,14,19H,12-13H2,1-2H3,(H,20,21). The summed E-state index contributed by atoms with van der Waals surface area (Å²) in [7, 11) is 0. The van der Waals surface area contributed by atoms with Crippen LogP contribution in [-0.4, -0.2) is 18.5 Å². The van der Waals surface area contributed by atoms with Crippen molar-refractivity contribution < 1.29 is 4.79 Å². The molecule has 0 aliphatic rings. The van der Waals surface area contributed by atoms with Gasteiger partial charge in [-0.1, -0.05) is 42.5 Å². The molecule has 0 heterocycles. The summed E-state index contributed by atoms with van der Waals surface area (Å²) in [6.07, 6.45) is 0.485. The van der Waals surface area contributed by atoms with E-state index in [9.17, 15) is 4.79 Å². The average molecular weight is 282 g/mol. The molecule has 1 amide bonds.